The summed E-state index contributed by atoms with van der Waals surface area (Å²) in [5, 5.41) is 0. The average molecular weight is 961 g/mol. The highest BCUT2D eigenvalue weighted by molar-refractivity contribution is 7.97. The molecule has 4 rings (SSSR count). The maximum absolute atomic E-state index is 11.6. The number of halogens is 6. The van der Waals surface area contributed by atoms with E-state index in [0.717, 1.165) is 18.4 Å². The van der Waals surface area contributed by atoms with Gasteiger partial charge in [-0.05, 0) is 71.3 Å². The largest absolute Gasteiger partial charge is 0.402 e. The summed E-state index contributed by atoms with van der Waals surface area (Å²) in [4.78, 5) is 0. The molecule has 0 N–H and O–H groups in total. The first-order chi connectivity index (χ1) is 29.2. The lowest BCUT2D eigenvalue weighted by Crippen LogP contribution is -2.44. The molecule has 0 radical (unpaired) electrons. The van der Waals surface area contributed by atoms with Gasteiger partial charge in [-0.1, -0.05) is 239 Å². The quantitative estimate of drug-likeness (QED) is 0.192. The van der Waals surface area contributed by atoms with Crippen molar-refractivity contribution in [1.82, 2.24) is 0 Å². The second kappa shape index (κ2) is 35.0. The van der Waals surface area contributed by atoms with Crippen LogP contribution in [0.4, 0.5) is 26.3 Å². The summed E-state index contributed by atoms with van der Waals surface area (Å²) < 4.78 is 88.9. The van der Waals surface area contributed by atoms with Gasteiger partial charge in [0.15, 0.2) is 5.41 Å². The zero-order valence-corrected chi connectivity index (χ0v) is 45.9. The Labute approximate surface area is 400 Å². The predicted octanol–water partition coefficient (Wildman–Crippen LogP) is 18.7. The first-order valence-corrected chi connectivity index (χ1v) is 26.0. The molecule has 65 heavy (non-hydrogen) atoms. The fourth-order valence-electron chi connectivity index (χ4n) is 3.81. The molecular weight excluding hydrogens is 871 g/mol. The number of thioether (sulfide) groups is 1. The van der Waals surface area contributed by atoms with E-state index in [2.05, 4.69) is 226 Å². The van der Waals surface area contributed by atoms with Gasteiger partial charge in [-0.3, -0.25) is 0 Å². The Balaban J connectivity index is -0.000000219. The van der Waals surface area contributed by atoms with E-state index in [1.165, 1.54) is 28.7 Å². The molecule has 10 heteroatoms. The van der Waals surface area contributed by atoms with Crippen molar-refractivity contribution in [2.45, 2.75) is 160 Å². The van der Waals surface area contributed by atoms with Crippen LogP contribution in [0.5, 0.6) is 0 Å². The highest BCUT2D eigenvalue weighted by atomic mass is 32.2. The molecule has 0 spiro atoms. The molecule has 0 unspecified atom stereocenters. The number of hydrogen-bond donors (Lipinski definition) is 0. The van der Waals surface area contributed by atoms with Gasteiger partial charge in [0.25, 0.3) is 0 Å². The van der Waals surface area contributed by atoms with Gasteiger partial charge in [-0.15, -0.1) is 0 Å². The van der Waals surface area contributed by atoms with Crippen molar-refractivity contribution in [1.29, 1.82) is 0 Å². The molecule has 0 aliphatic heterocycles. The normalized spacial score (nSPS) is 11.3. The predicted molar refractivity (Wildman–Crippen MR) is 278 cm³/mol. The average Bonchev–Trinajstić information content (AvgIpc) is 3.15. The summed E-state index contributed by atoms with van der Waals surface area (Å²) in [5.74, 6) is 1.49. The Morgan fingerprint density at radius 2 is 0.662 bits per heavy atom. The third-order valence-electron chi connectivity index (χ3n) is 7.51. The summed E-state index contributed by atoms with van der Waals surface area (Å²) in [6.07, 6.45) is -2.84. The number of hydrogen-bond acceptors (Lipinski definition) is 3. The Morgan fingerprint density at radius 3 is 0.785 bits per heavy atom. The molecule has 0 amide bonds. The topological polar surface area (TPSA) is 34.1 Å². The second-order valence-corrected chi connectivity index (χ2v) is 23.3. The van der Waals surface area contributed by atoms with E-state index in [9.17, 15) is 34.8 Å². The second-order valence-electron chi connectivity index (χ2n) is 20.1. The molecule has 0 heterocycles. The van der Waals surface area contributed by atoms with Crippen molar-refractivity contribution in [2.75, 3.05) is 25.0 Å². The van der Waals surface area contributed by atoms with Gasteiger partial charge >= 0.3 is 12.4 Å². The molecule has 4 aromatic carbocycles. The van der Waals surface area contributed by atoms with Crippen LogP contribution >= 0.6 is 11.8 Å². The van der Waals surface area contributed by atoms with Crippen LogP contribution in [0, 0.1) is 16.7 Å². The third-order valence-corrected chi connectivity index (χ3v) is 7.51. The van der Waals surface area contributed by atoms with Crippen LogP contribution in [-0.4, -0.2) is 45.8 Å². The minimum Gasteiger partial charge on any atom is -0.229 e. The molecular formula is C55H90F6O2S2. The van der Waals surface area contributed by atoms with Crippen LogP contribution in [0.3, 0.4) is 0 Å². The third kappa shape index (κ3) is 44.4. The highest BCUT2D eigenvalue weighted by Gasteiger charge is 2.64. The molecule has 0 aliphatic rings. The SMILES string of the molecule is CC(C)(C(F)(F)F)C(F)(F)F.CC(C)(C)C.CC(C)(C)c1ccccc1.CC(C)(c1ccccc1)c1ccccc1.CC(C)C.CC(C)c1ccccc1.CCC.CS(C)(=O)=O.CSC. The van der Waals surface area contributed by atoms with Crippen molar-refractivity contribution in [2.24, 2.45) is 16.7 Å². The first kappa shape index (κ1) is 70.8. The smallest absolute Gasteiger partial charge is 0.229 e. The standard InChI is InChI=1S/C15H16.C10H14.C9H12.C5H6F6.C5H12.C4H10.C3H8.C2H6O2S.C2H6S/c1-15(2,13-9-5-3-6-10-13)14-11-7-4-8-12-14;1-10(2,3)9-7-5-4-6-8-9;1-8(2)9-6-4-3-5-7-9;1-3(2,4(6,7)8)5(9,10)11;1-5(2,3)4;1-4(2)3;1-3-2;1-5(2,3)4;1-3-2/h3-12H,1-2H3;4-8H,1-3H3;3-8H,1-2H3;1-2H3;1-4H3;4H,1-3H3;3H2,1-2H3;1-2H3;1-2H3. The molecule has 376 valence electrons. The number of sulfone groups is 1. The molecule has 0 saturated carbocycles. The van der Waals surface area contributed by atoms with Crippen molar-refractivity contribution >= 4 is 21.6 Å². The van der Waals surface area contributed by atoms with Crippen molar-refractivity contribution < 1.29 is 34.8 Å². The van der Waals surface area contributed by atoms with E-state index < -0.39 is 27.6 Å². The minimum atomic E-state index is -5.24. The van der Waals surface area contributed by atoms with Crippen molar-refractivity contribution in [3.8, 4) is 0 Å². The zero-order chi connectivity index (χ0) is 52.5. The zero-order valence-electron chi connectivity index (χ0n) is 44.3. The molecule has 0 fully saturated rings. The van der Waals surface area contributed by atoms with Gasteiger partial charge in [-0.25, -0.2) is 8.42 Å². The Kier molecular flexibility index (Phi) is 38.1. The van der Waals surface area contributed by atoms with Gasteiger partial charge in [0.05, 0.1) is 0 Å². The highest BCUT2D eigenvalue weighted by Crippen LogP contribution is 2.49. The van der Waals surface area contributed by atoms with Gasteiger partial charge in [-0.2, -0.15) is 38.1 Å². The first-order valence-electron chi connectivity index (χ1n) is 22.1. The molecule has 0 bridgehead atoms. The summed E-state index contributed by atoms with van der Waals surface area (Å²) in [7, 11) is -2.67. The number of benzene rings is 4. The van der Waals surface area contributed by atoms with Crippen LogP contribution in [0.15, 0.2) is 121 Å². The molecule has 4 aromatic rings. The summed E-state index contributed by atoms with van der Waals surface area (Å²) in [5.41, 5.74) is 2.78. The van der Waals surface area contributed by atoms with E-state index in [-0.39, 0.29) is 19.3 Å². The number of rotatable bonds is 3. The monoisotopic (exact) mass is 961 g/mol. The van der Waals surface area contributed by atoms with Crippen LogP contribution in [0.2, 0.25) is 0 Å². The summed E-state index contributed by atoms with van der Waals surface area (Å²) in [6, 6.07) is 42.3. The Bertz CT molecular complexity index is 1680. The van der Waals surface area contributed by atoms with E-state index in [1.807, 2.05) is 18.6 Å². The molecule has 0 saturated heterocycles. The van der Waals surface area contributed by atoms with Crippen LogP contribution in [0.25, 0.3) is 0 Å². The van der Waals surface area contributed by atoms with E-state index in [1.54, 1.807) is 11.8 Å². The van der Waals surface area contributed by atoms with Crippen molar-refractivity contribution in [3.63, 3.8) is 0 Å². The Morgan fingerprint density at radius 1 is 0.477 bits per heavy atom. The van der Waals surface area contributed by atoms with Crippen molar-refractivity contribution in [3.05, 3.63) is 144 Å². The van der Waals surface area contributed by atoms with Gasteiger partial charge in [0.1, 0.15) is 9.84 Å². The van der Waals surface area contributed by atoms with Crippen LogP contribution in [0.1, 0.15) is 159 Å². The van der Waals surface area contributed by atoms with Crippen LogP contribution in [-0.2, 0) is 20.7 Å². The van der Waals surface area contributed by atoms with Gasteiger partial charge in [0.2, 0.25) is 0 Å². The molecule has 0 aliphatic carbocycles. The molecule has 0 aromatic heterocycles. The lowest BCUT2D eigenvalue weighted by Gasteiger charge is -2.29. The fourth-order valence-corrected chi connectivity index (χ4v) is 3.81. The molecule has 2 nitrogen and oxygen atoms in total. The van der Waals surface area contributed by atoms with E-state index in [0.29, 0.717) is 16.7 Å². The maximum atomic E-state index is 11.6. The Hall–Kier alpha value is -3.24. The van der Waals surface area contributed by atoms with Gasteiger partial charge in [0, 0.05) is 17.9 Å². The lowest BCUT2D eigenvalue weighted by molar-refractivity contribution is -0.327. The summed E-state index contributed by atoms with van der Waals surface area (Å²) >= 11 is 1.75. The van der Waals surface area contributed by atoms with E-state index >= 15 is 0 Å². The fraction of sp³-hybridized carbons (Fsp3) is 0.564. The number of alkyl halides is 6. The van der Waals surface area contributed by atoms with E-state index in [4.69, 9.17) is 0 Å². The van der Waals surface area contributed by atoms with Crippen LogP contribution < -0.4 is 0 Å². The maximum Gasteiger partial charge on any atom is 0.402 e. The summed E-state index contributed by atoms with van der Waals surface area (Å²) in [6.45, 7) is 35.3. The lowest BCUT2D eigenvalue weighted by atomic mass is 9.78. The molecule has 0 atom stereocenters. The minimum absolute atomic E-state index is 0.0858. The van der Waals surface area contributed by atoms with Gasteiger partial charge < -0.3 is 0 Å².